The van der Waals surface area contributed by atoms with Crippen molar-refractivity contribution in [2.45, 2.75) is 39.3 Å². The second-order valence-electron chi connectivity index (χ2n) is 4.04. The van der Waals surface area contributed by atoms with E-state index < -0.39 is 5.97 Å². The van der Waals surface area contributed by atoms with Gasteiger partial charge in [-0.1, -0.05) is 6.92 Å². The first-order valence-corrected chi connectivity index (χ1v) is 5.75. The maximum absolute atomic E-state index is 10.6. The van der Waals surface area contributed by atoms with Gasteiger partial charge >= 0.3 is 5.97 Å². The van der Waals surface area contributed by atoms with Gasteiger partial charge in [-0.3, -0.25) is 0 Å². The van der Waals surface area contributed by atoms with E-state index in [2.05, 4.69) is 31.1 Å². The van der Waals surface area contributed by atoms with Crippen molar-refractivity contribution in [3.05, 3.63) is 16.1 Å². The first-order chi connectivity index (χ1) is 6.94. The minimum absolute atomic E-state index is 0.0625. The van der Waals surface area contributed by atoms with Crippen molar-refractivity contribution >= 4 is 17.3 Å². The second kappa shape index (κ2) is 4.72. The summed E-state index contributed by atoms with van der Waals surface area (Å²) in [4.78, 5) is 14.6. The van der Waals surface area contributed by atoms with Crippen LogP contribution in [0.5, 0.6) is 0 Å². The van der Waals surface area contributed by atoms with E-state index in [9.17, 15) is 4.79 Å². The normalized spacial score (nSPS) is 11.7. The summed E-state index contributed by atoms with van der Waals surface area (Å²) in [6.07, 6.45) is 1.02. The van der Waals surface area contributed by atoms with Crippen LogP contribution >= 0.6 is 11.3 Å². The Morgan fingerprint density at radius 2 is 2.33 bits per heavy atom. The molecular weight excluding hydrogens is 212 g/mol. The highest BCUT2D eigenvalue weighted by Crippen LogP contribution is 2.12. The first-order valence-electron chi connectivity index (χ1n) is 4.87. The largest absolute Gasteiger partial charge is 0.476 e. The molecule has 84 valence electrons. The van der Waals surface area contributed by atoms with E-state index in [4.69, 9.17) is 5.11 Å². The predicted octanol–water partition coefficient (Wildman–Crippen LogP) is 2.12. The van der Waals surface area contributed by atoms with Crippen LogP contribution in [0.3, 0.4) is 0 Å². The van der Waals surface area contributed by atoms with E-state index in [0.29, 0.717) is 6.54 Å². The maximum Gasteiger partial charge on any atom is 0.365 e. The zero-order valence-electron chi connectivity index (χ0n) is 9.20. The summed E-state index contributed by atoms with van der Waals surface area (Å²) in [5.41, 5.74) is 0.853. The van der Waals surface area contributed by atoms with E-state index in [1.54, 1.807) is 5.38 Å². The van der Waals surface area contributed by atoms with E-state index in [1.165, 1.54) is 11.3 Å². The molecule has 1 heterocycles. The zero-order valence-corrected chi connectivity index (χ0v) is 10.0. The van der Waals surface area contributed by atoms with Crippen molar-refractivity contribution in [3.63, 3.8) is 0 Å². The fourth-order valence-electron chi connectivity index (χ4n) is 0.941. The molecule has 15 heavy (non-hydrogen) atoms. The molecule has 0 saturated heterocycles. The lowest BCUT2D eigenvalue weighted by molar-refractivity contribution is 0.0696. The van der Waals surface area contributed by atoms with Gasteiger partial charge in [0, 0.05) is 17.5 Å². The molecule has 2 N–H and O–H groups in total. The summed E-state index contributed by atoms with van der Waals surface area (Å²) in [6, 6.07) is 0. The molecule has 0 aliphatic carbocycles. The van der Waals surface area contributed by atoms with Crippen LogP contribution in [0.4, 0.5) is 0 Å². The number of aromatic nitrogens is 1. The summed E-state index contributed by atoms with van der Waals surface area (Å²) in [7, 11) is 0. The molecular formula is C10H16N2O2S. The number of aromatic carboxylic acids is 1. The average Bonchev–Trinajstić information content (AvgIpc) is 2.63. The van der Waals surface area contributed by atoms with Gasteiger partial charge in [0.2, 0.25) is 5.01 Å². The van der Waals surface area contributed by atoms with Crippen molar-refractivity contribution < 1.29 is 9.90 Å². The molecule has 0 atom stereocenters. The van der Waals surface area contributed by atoms with Gasteiger partial charge in [-0.25, -0.2) is 9.78 Å². The number of carbonyl (C=O) groups is 1. The number of rotatable bonds is 5. The van der Waals surface area contributed by atoms with E-state index in [-0.39, 0.29) is 10.5 Å². The fourth-order valence-corrected chi connectivity index (χ4v) is 1.60. The van der Waals surface area contributed by atoms with Gasteiger partial charge in [-0.15, -0.1) is 11.3 Å². The lowest BCUT2D eigenvalue weighted by atomic mass is 10.0. The second-order valence-corrected chi connectivity index (χ2v) is 4.90. The van der Waals surface area contributed by atoms with Gasteiger partial charge in [0.25, 0.3) is 0 Å². The van der Waals surface area contributed by atoms with Crippen molar-refractivity contribution in [3.8, 4) is 0 Å². The van der Waals surface area contributed by atoms with Crippen LogP contribution < -0.4 is 5.32 Å². The lowest BCUT2D eigenvalue weighted by Gasteiger charge is -2.23. The molecule has 5 heteroatoms. The Bertz CT molecular complexity index is 347. The van der Waals surface area contributed by atoms with Gasteiger partial charge in [-0.05, 0) is 20.3 Å². The number of carboxylic acids is 1. The van der Waals surface area contributed by atoms with Crippen LogP contribution in [0.15, 0.2) is 5.38 Å². The van der Waals surface area contributed by atoms with Gasteiger partial charge < -0.3 is 10.4 Å². The molecule has 4 nitrogen and oxygen atoms in total. The molecule has 0 amide bonds. The standard InChI is InChI=1S/C10H16N2O2S/c1-4-10(2,3)11-5-7-6-15-8(12-7)9(13)14/h6,11H,4-5H2,1-3H3,(H,13,14). The maximum atomic E-state index is 10.6. The Kier molecular flexibility index (Phi) is 3.82. The van der Waals surface area contributed by atoms with Crippen molar-refractivity contribution in [2.24, 2.45) is 0 Å². The molecule has 1 rings (SSSR count). The number of nitrogens with one attached hydrogen (secondary N) is 1. The molecule has 1 aromatic heterocycles. The van der Waals surface area contributed by atoms with Gasteiger partial charge in [0.15, 0.2) is 0 Å². The minimum Gasteiger partial charge on any atom is -0.476 e. The number of nitrogens with zero attached hydrogens (tertiary/aromatic N) is 1. The van der Waals surface area contributed by atoms with E-state index in [1.807, 2.05) is 0 Å². The summed E-state index contributed by atoms with van der Waals surface area (Å²) < 4.78 is 0. The molecule has 0 spiro atoms. The fraction of sp³-hybridized carbons (Fsp3) is 0.600. The number of thiazole rings is 1. The molecule has 0 radical (unpaired) electrons. The first kappa shape index (κ1) is 12.1. The molecule has 0 fully saturated rings. The van der Waals surface area contributed by atoms with Crippen molar-refractivity contribution in [1.82, 2.24) is 10.3 Å². The van der Waals surface area contributed by atoms with Gasteiger partial charge in [0.05, 0.1) is 5.69 Å². The Hall–Kier alpha value is -0.940. The summed E-state index contributed by atoms with van der Waals surface area (Å²) in [5, 5.41) is 14.0. The van der Waals surface area contributed by atoms with Crippen LogP contribution in [0.25, 0.3) is 0 Å². The molecule has 0 bridgehead atoms. The smallest absolute Gasteiger partial charge is 0.365 e. The summed E-state index contributed by atoms with van der Waals surface area (Å²) >= 11 is 1.17. The van der Waals surface area contributed by atoms with Crippen LogP contribution in [0.2, 0.25) is 0 Å². The molecule has 0 unspecified atom stereocenters. The Balaban J connectivity index is 2.55. The Morgan fingerprint density at radius 3 is 2.80 bits per heavy atom. The molecule has 0 aromatic carbocycles. The average molecular weight is 228 g/mol. The van der Waals surface area contributed by atoms with Crippen LogP contribution in [0, 0.1) is 0 Å². The monoisotopic (exact) mass is 228 g/mol. The highest BCUT2D eigenvalue weighted by molar-refractivity contribution is 7.11. The van der Waals surface area contributed by atoms with Crippen LogP contribution in [-0.2, 0) is 6.54 Å². The quantitative estimate of drug-likeness (QED) is 0.810. The predicted molar refractivity (Wildman–Crippen MR) is 60.3 cm³/mol. The van der Waals surface area contributed by atoms with Crippen LogP contribution in [-0.4, -0.2) is 21.6 Å². The third kappa shape index (κ3) is 3.60. The molecule has 0 aliphatic rings. The highest BCUT2D eigenvalue weighted by Gasteiger charge is 2.15. The van der Waals surface area contributed by atoms with Crippen molar-refractivity contribution in [1.29, 1.82) is 0 Å². The van der Waals surface area contributed by atoms with Crippen LogP contribution in [0.1, 0.15) is 42.7 Å². The number of carboxylic acid groups (broad SMARTS) is 1. The minimum atomic E-state index is -0.957. The van der Waals surface area contributed by atoms with Gasteiger partial charge in [0.1, 0.15) is 0 Å². The lowest BCUT2D eigenvalue weighted by Crippen LogP contribution is -2.37. The van der Waals surface area contributed by atoms with E-state index >= 15 is 0 Å². The van der Waals surface area contributed by atoms with Gasteiger partial charge in [-0.2, -0.15) is 0 Å². The van der Waals surface area contributed by atoms with E-state index in [0.717, 1.165) is 12.1 Å². The number of hydrogen-bond donors (Lipinski definition) is 2. The third-order valence-electron chi connectivity index (χ3n) is 2.37. The summed E-state index contributed by atoms with van der Waals surface area (Å²) in [5.74, 6) is -0.957. The highest BCUT2D eigenvalue weighted by atomic mass is 32.1. The SMILES string of the molecule is CCC(C)(C)NCc1csc(C(=O)O)n1. The summed E-state index contributed by atoms with van der Waals surface area (Å²) in [6.45, 7) is 6.94. The zero-order chi connectivity index (χ0) is 11.5. The molecule has 1 aromatic rings. The molecule has 0 saturated carbocycles. The Labute approximate surface area is 93.4 Å². The topological polar surface area (TPSA) is 62.2 Å². The third-order valence-corrected chi connectivity index (χ3v) is 3.25. The Morgan fingerprint density at radius 1 is 1.67 bits per heavy atom. The molecule has 0 aliphatic heterocycles. The number of hydrogen-bond acceptors (Lipinski definition) is 4. The van der Waals surface area contributed by atoms with Crippen molar-refractivity contribution in [2.75, 3.05) is 0 Å².